The molecule has 1 heterocycles. The van der Waals surface area contributed by atoms with E-state index in [-0.39, 0.29) is 0 Å². The average molecular weight is 228 g/mol. The molecule has 1 atom stereocenters. The van der Waals surface area contributed by atoms with Crippen LogP contribution in [0.25, 0.3) is 0 Å². The molecule has 3 nitrogen and oxygen atoms in total. The van der Waals surface area contributed by atoms with Crippen LogP contribution in [0.3, 0.4) is 0 Å². The van der Waals surface area contributed by atoms with Crippen molar-refractivity contribution in [2.45, 2.75) is 45.1 Å². The first-order valence-corrected chi connectivity index (χ1v) is 6.83. The van der Waals surface area contributed by atoms with Crippen molar-refractivity contribution in [3.63, 3.8) is 0 Å². The molecular formula is C13H28N2O. The summed E-state index contributed by atoms with van der Waals surface area (Å²) in [5, 5.41) is 3.53. The summed E-state index contributed by atoms with van der Waals surface area (Å²) >= 11 is 0. The first kappa shape index (κ1) is 13.9. The lowest BCUT2D eigenvalue weighted by molar-refractivity contribution is 0.128. The molecule has 0 aromatic carbocycles. The molecule has 1 N–H and O–H groups in total. The zero-order valence-electron chi connectivity index (χ0n) is 11.0. The number of rotatable bonds is 9. The second kappa shape index (κ2) is 8.97. The zero-order chi connectivity index (χ0) is 11.6. The average Bonchev–Trinajstić information content (AvgIpc) is 2.68. The fourth-order valence-corrected chi connectivity index (χ4v) is 2.15. The summed E-state index contributed by atoms with van der Waals surface area (Å²) in [5.74, 6) is 0. The molecular weight excluding hydrogens is 200 g/mol. The minimum Gasteiger partial charge on any atom is -0.381 e. The van der Waals surface area contributed by atoms with Crippen LogP contribution in [0.5, 0.6) is 0 Å². The van der Waals surface area contributed by atoms with Gasteiger partial charge in [0.15, 0.2) is 0 Å². The van der Waals surface area contributed by atoms with Crippen LogP contribution in [0, 0.1) is 0 Å². The van der Waals surface area contributed by atoms with E-state index in [1.54, 1.807) is 0 Å². The van der Waals surface area contributed by atoms with Gasteiger partial charge in [0.05, 0.1) is 0 Å². The van der Waals surface area contributed by atoms with Gasteiger partial charge < -0.3 is 15.0 Å². The standard InChI is InChI=1S/C13H28N2O/c1-3-4-10-16-11-6-8-14-12-13-7-5-9-15(13)2/h13-14H,3-12H2,1-2H3. The second-order valence-corrected chi connectivity index (χ2v) is 4.80. The molecule has 0 aliphatic carbocycles. The minimum absolute atomic E-state index is 0.765. The maximum Gasteiger partial charge on any atom is 0.0478 e. The third kappa shape index (κ3) is 5.83. The normalized spacial score (nSPS) is 21.8. The summed E-state index contributed by atoms with van der Waals surface area (Å²) in [5.41, 5.74) is 0. The molecule has 0 radical (unpaired) electrons. The topological polar surface area (TPSA) is 24.5 Å². The Morgan fingerprint density at radius 2 is 2.12 bits per heavy atom. The molecule has 0 aromatic rings. The van der Waals surface area contributed by atoms with E-state index >= 15 is 0 Å². The van der Waals surface area contributed by atoms with Gasteiger partial charge >= 0.3 is 0 Å². The molecule has 0 aromatic heterocycles. The first-order chi connectivity index (χ1) is 7.84. The Kier molecular flexibility index (Phi) is 7.81. The number of likely N-dealkylation sites (tertiary alicyclic amines) is 1. The Bertz CT molecular complexity index is 164. The van der Waals surface area contributed by atoms with E-state index in [4.69, 9.17) is 4.74 Å². The van der Waals surface area contributed by atoms with Crippen molar-refractivity contribution < 1.29 is 4.74 Å². The van der Waals surface area contributed by atoms with E-state index in [0.717, 1.165) is 38.8 Å². The predicted octanol–water partition coefficient (Wildman–Crippen LogP) is 1.88. The molecule has 3 heteroatoms. The molecule has 1 rings (SSSR count). The van der Waals surface area contributed by atoms with Crippen molar-refractivity contribution in [1.29, 1.82) is 0 Å². The molecule has 0 amide bonds. The Morgan fingerprint density at radius 1 is 1.31 bits per heavy atom. The highest BCUT2D eigenvalue weighted by molar-refractivity contribution is 4.77. The molecule has 0 bridgehead atoms. The van der Waals surface area contributed by atoms with Crippen LogP contribution in [-0.2, 0) is 4.74 Å². The molecule has 1 aliphatic rings. The van der Waals surface area contributed by atoms with E-state index in [2.05, 4.69) is 24.2 Å². The van der Waals surface area contributed by atoms with Crippen LogP contribution in [-0.4, -0.2) is 50.8 Å². The highest BCUT2D eigenvalue weighted by atomic mass is 16.5. The van der Waals surface area contributed by atoms with Gasteiger partial charge in [-0.1, -0.05) is 13.3 Å². The third-order valence-corrected chi connectivity index (χ3v) is 3.34. The van der Waals surface area contributed by atoms with Crippen LogP contribution >= 0.6 is 0 Å². The Balaban J connectivity index is 1.81. The van der Waals surface area contributed by atoms with Crippen molar-refractivity contribution >= 4 is 0 Å². The first-order valence-electron chi connectivity index (χ1n) is 6.83. The van der Waals surface area contributed by atoms with E-state index in [1.807, 2.05) is 0 Å². The van der Waals surface area contributed by atoms with E-state index in [0.29, 0.717) is 0 Å². The Labute approximate surface area is 101 Å². The smallest absolute Gasteiger partial charge is 0.0478 e. The van der Waals surface area contributed by atoms with Crippen LogP contribution in [0.15, 0.2) is 0 Å². The fourth-order valence-electron chi connectivity index (χ4n) is 2.15. The SMILES string of the molecule is CCCCOCCCNCC1CCCN1C. The highest BCUT2D eigenvalue weighted by Crippen LogP contribution is 2.13. The van der Waals surface area contributed by atoms with Crippen molar-refractivity contribution in [1.82, 2.24) is 10.2 Å². The number of hydrogen-bond acceptors (Lipinski definition) is 3. The molecule has 1 fully saturated rings. The molecule has 0 spiro atoms. The van der Waals surface area contributed by atoms with Gasteiger partial charge in [0.25, 0.3) is 0 Å². The number of hydrogen-bond donors (Lipinski definition) is 1. The summed E-state index contributed by atoms with van der Waals surface area (Å²) in [7, 11) is 2.23. The van der Waals surface area contributed by atoms with Gasteiger partial charge in [0.2, 0.25) is 0 Å². The largest absolute Gasteiger partial charge is 0.381 e. The van der Waals surface area contributed by atoms with Gasteiger partial charge in [-0.2, -0.15) is 0 Å². The van der Waals surface area contributed by atoms with Crippen molar-refractivity contribution in [2.75, 3.05) is 39.9 Å². The van der Waals surface area contributed by atoms with Gasteiger partial charge in [0.1, 0.15) is 0 Å². The third-order valence-electron chi connectivity index (χ3n) is 3.34. The second-order valence-electron chi connectivity index (χ2n) is 4.80. The van der Waals surface area contributed by atoms with Crippen LogP contribution in [0.2, 0.25) is 0 Å². The lowest BCUT2D eigenvalue weighted by Crippen LogP contribution is -2.35. The fraction of sp³-hybridized carbons (Fsp3) is 1.00. The molecule has 0 saturated carbocycles. The predicted molar refractivity (Wildman–Crippen MR) is 68.9 cm³/mol. The number of nitrogens with one attached hydrogen (secondary N) is 1. The van der Waals surface area contributed by atoms with Gasteiger partial charge in [-0.25, -0.2) is 0 Å². The monoisotopic (exact) mass is 228 g/mol. The van der Waals surface area contributed by atoms with E-state index in [1.165, 1.54) is 32.2 Å². The summed E-state index contributed by atoms with van der Waals surface area (Å²) < 4.78 is 5.52. The maximum atomic E-state index is 5.52. The van der Waals surface area contributed by atoms with Gasteiger partial charge in [-0.15, -0.1) is 0 Å². The van der Waals surface area contributed by atoms with Crippen molar-refractivity contribution in [3.05, 3.63) is 0 Å². The van der Waals surface area contributed by atoms with Crippen LogP contribution < -0.4 is 5.32 Å². The highest BCUT2D eigenvalue weighted by Gasteiger charge is 2.19. The zero-order valence-corrected chi connectivity index (χ0v) is 11.0. The summed E-state index contributed by atoms with van der Waals surface area (Å²) in [6.07, 6.45) is 6.28. The molecule has 1 saturated heterocycles. The lowest BCUT2D eigenvalue weighted by atomic mass is 10.2. The van der Waals surface area contributed by atoms with E-state index in [9.17, 15) is 0 Å². The number of nitrogens with zero attached hydrogens (tertiary/aromatic N) is 1. The minimum atomic E-state index is 0.765. The number of likely N-dealkylation sites (N-methyl/N-ethyl adjacent to an activating group) is 1. The summed E-state index contributed by atoms with van der Waals surface area (Å²) in [6.45, 7) is 7.55. The van der Waals surface area contributed by atoms with Crippen LogP contribution in [0.1, 0.15) is 39.0 Å². The number of ether oxygens (including phenoxy) is 1. The van der Waals surface area contributed by atoms with Gasteiger partial charge in [-0.3, -0.25) is 0 Å². The maximum absolute atomic E-state index is 5.52. The number of unbranched alkanes of at least 4 members (excludes halogenated alkanes) is 1. The van der Waals surface area contributed by atoms with Gasteiger partial charge in [-0.05, 0) is 45.8 Å². The Morgan fingerprint density at radius 3 is 2.81 bits per heavy atom. The van der Waals surface area contributed by atoms with E-state index < -0.39 is 0 Å². The van der Waals surface area contributed by atoms with Gasteiger partial charge in [0, 0.05) is 25.8 Å². The Hall–Kier alpha value is -0.120. The van der Waals surface area contributed by atoms with Crippen LogP contribution in [0.4, 0.5) is 0 Å². The van der Waals surface area contributed by atoms with Crippen molar-refractivity contribution in [3.8, 4) is 0 Å². The summed E-state index contributed by atoms with van der Waals surface area (Å²) in [4.78, 5) is 2.46. The molecule has 1 unspecified atom stereocenters. The molecule has 96 valence electrons. The quantitative estimate of drug-likeness (QED) is 0.610. The molecule has 16 heavy (non-hydrogen) atoms. The lowest BCUT2D eigenvalue weighted by Gasteiger charge is -2.19. The summed E-state index contributed by atoms with van der Waals surface area (Å²) in [6, 6.07) is 0.765. The molecule has 1 aliphatic heterocycles. The van der Waals surface area contributed by atoms with Crippen molar-refractivity contribution in [2.24, 2.45) is 0 Å².